The predicted molar refractivity (Wildman–Crippen MR) is 73.6 cm³/mol. The van der Waals surface area contributed by atoms with Gasteiger partial charge >= 0.3 is 6.18 Å². The number of aliphatic hydroxyl groups excluding tert-OH is 1. The van der Waals surface area contributed by atoms with E-state index in [1.807, 2.05) is 0 Å². The second-order valence-electron chi connectivity index (χ2n) is 5.41. The molecule has 0 bridgehead atoms. The molecule has 1 heterocycles. The second-order valence-corrected chi connectivity index (χ2v) is 5.41. The highest BCUT2D eigenvalue weighted by molar-refractivity contribution is 5.75. The summed E-state index contributed by atoms with van der Waals surface area (Å²) in [6.45, 7) is -0.226. The van der Waals surface area contributed by atoms with Crippen LogP contribution in [0.2, 0.25) is 0 Å². The van der Waals surface area contributed by atoms with E-state index in [1.54, 1.807) is 0 Å². The average Bonchev–Trinajstić information content (AvgIpc) is 2.44. The number of nitro benzene ring substituents is 2. The Morgan fingerprint density at radius 3 is 2.00 bits per heavy atom. The molecule has 0 amide bonds. The van der Waals surface area contributed by atoms with Crippen LogP contribution in [0.5, 0.6) is 0 Å². The Labute approximate surface area is 132 Å². The van der Waals surface area contributed by atoms with E-state index in [2.05, 4.69) is 5.32 Å². The minimum atomic E-state index is -4.97. The first-order valence-electron chi connectivity index (χ1n) is 6.56. The fraction of sp³-hybridized carbons (Fsp3) is 0.500. The molecule has 1 aromatic carbocycles. The third-order valence-corrected chi connectivity index (χ3v) is 3.61. The summed E-state index contributed by atoms with van der Waals surface area (Å²) < 4.78 is 43.3. The Hall–Kier alpha value is -2.47. The summed E-state index contributed by atoms with van der Waals surface area (Å²) in [5.41, 5.74) is -5.05. The van der Waals surface area contributed by atoms with Crippen molar-refractivity contribution in [1.29, 1.82) is 0 Å². The van der Waals surface area contributed by atoms with Crippen molar-refractivity contribution >= 4 is 17.1 Å². The first-order chi connectivity index (χ1) is 11.1. The third-order valence-electron chi connectivity index (χ3n) is 3.61. The van der Waals surface area contributed by atoms with E-state index in [0.29, 0.717) is 0 Å². The highest BCUT2D eigenvalue weighted by Crippen LogP contribution is 2.41. The van der Waals surface area contributed by atoms with E-state index in [4.69, 9.17) is 4.74 Å². The largest absolute Gasteiger partial charge is 0.416 e. The molecule has 2 rings (SSSR count). The van der Waals surface area contributed by atoms with Gasteiger partial charge in [-0.3, -0.25) is 20.2 Å². The van der Waals surface area contributed by atoms with Gasteiger partial charge in [-0.25, -0.2) is 0 Å². The number of hydrogen-bond acceptors (Lipinski definition) is 7. The van der Waals surface area contributed by atoms with Gasteiger partial charge in [-0.05, 0) is 0 Å². The van der Waals surface area contributed by atoms with Crippen molar-refractivity contribution in [2.45, 2.75) is 6.18 Å². The molecule has 1 aliphatic heterocycles. The summed E-state index contributed by atoms with van der Waals surface area (Å²) in [4.78, 5) is 19.8. The van der Waals surface area contributed by atoms with E-state index in [0.717, 1.165) is 0 Å². The van der Waals surface area contributed by atoms with Gasteiger partial charge in [0.15, 0.2) is 5.69 Å². The van der Waals surface area contributed by atoms with Crippen molar-refractivity contribution in [1.82, 2.24) is 0 Å². The van der Waals surface area contributed by atoms with Crippen molar-refractivity contribution < 1.29 is 32.9 Å². The number of nitro groups is 2. The number of alkyl halides is 3. The molecule has 0 unspecified atom stereocenters. The zero-order chi connectivity index (χ0) is 18.1. The fourth-order valence-electron chi connectivity index (χ4n) is 2.16. The van der Waals surface area contributed by atoms with Crippen LogP contribution in [0.3, 0.4) is 0 Å². The molecule has 2 N–H and O–H groups in total. The zero-order valence-corrected chi connectivity index (χ0v) is 12.0. The van der Waals surface area contributed by atoms with Crippen LogP contribution in [-0.2, 0) is 10.9 Å². The van der Waals surface area contributed by atoms with Crippen LogP contribution in [-0.4, -0.2) is 41.3 Å². The summed E-state index contributed by atoms with van der Waals surface area (Å²) in [6, 6.07) is 0.469. The van der Waals surface area contributed by atoms with Crippen molar-refractivity contribution in [2.24, 2.45) is 5.41 Å². The number of aliphatic hydroxyl groups is 1. The van der Waals surface area contributed by atoms with Gasteiger partial charge in [0.2, 0.25) is 0 Å². The summed E-state index contributed by atoms with van der Waals surface area (Å²) >= 11 is 0. The number of nitrogens with zero attached hydrogens (tertiary/aromatic N) is 2. The van der Waals surface area contributed by atoms with Gasteiger partial charge in [0.05, 0.1) is 40.6 Å². The van der Waals surface area contributed by atoms with Crippen molar-refractivity contribution in [2.75, 3.05) is 31.7 Å². The zero-order valence-electron chi connectivity index (χ0n) is 12.0. The summed E-state index contributed by atoms with van der Waals surface area (Å²) in [5.74, 6) is 0. The highest BCUT2D eigenvalue weighted by Gasteiger charge is 2.41. The Kier molecular flexibility index (Phi) is 4.62. The lowest BCUT2D eigenvalue weighted by Crippen LogP contribution is -2.50. The van der Waals surface area contributed by atoms with Gasteiger partial charge in [0, 0.05) is 18.7 Å². The maximum atomic E-state index is 12.8. The lowest BCUT2D eigenvalue weighted by atomic mass is 9.87. The van der Waals surface area contributed by atoms with Crippen molar-refractivity contribution in [3.63, 3.8) is 0 Å². The van der Waals surface area contributed by atoms with Crippen LogP contribution in [0, 0.1) is 25.6 Å². The van der Waals surface area contributed by atoms with E-state index < -0.39 is 44.1 Å². The molecule has 1 fully saturated rings. The lowest BCUT2D eigenvalue weighted by Gasteiger charge is -2.39. The molecule has 0 spiro atoms. The van der Waals surface area contributed by atoms with Crippen LogP contribution >= 0.6 is 0 Å². The van der Waals surface area contributed by atoms with Crippen molar-refractivity contribution in [3.05, 3.63) is 37.9 Å². The Morgan fingerprint density at radius 2 is 1.71 bits per heavy atom. The number of halogens is 3. The lowest BCUT2D eigenvalue weighted by molar-refractivity contribution is -0.392. The molecule has 132 valence electrons. The summed E-state index contributed by atoms with van der Waals surface area (Å²) in [6.07, 6.45) is -4.97. The Morgan fingerprint density at radius 1 is 1.21 bits per heavy atom. The normalized spacial score (nSPS) is 16.3. The molecule has 0 aliphatic carbocycles. The molecule has 0 saturated carbocycles. The van der Waals surface area contributed by atoms with Gasteiger partial charge in [0.25, 0.3) is 11.4 Å². The monoisotopic (exact) mass is 351 g/mol. The molecular weight excluding hydrogens is 339 g/mol. The Bertz CT molecular complexity index is 634. The number of anilines is 1. The maximum Gasteiger partial charge on any atom is 0.416 e. The third kappa shape index (κ3) is 3.38. The minimum Gasteiger partial charge on any atom is -0.396 e. The number of benzene rings is 1. The molecule has 0 aromatic heterocycles. The van der Waals surface area contributed by atoms with E-state index >= 15 is 0 Å². The number of ether oxygens (including phenoxy) is 1. The average molecular weight is 351 g/mol. The van der Waals surface area contributed by atoms with Gasteiger partial charge in [-0.15, -0.1) is 0 Å². The maximum absolute atomic E-state index is 12.8. The Balaban J connectivity index is 2.47. The quantitative estimate of drug-likeness (QED) is 0.592. The van der Waals surface area contributed by atoms with E-state index in [1.165, 1.54) is 0 Å². The topological polar surface area (TPSA) is 128 Å². The fourth-order valence-corrected chi connectivity index (χ4v) is 2.16. The van der Waals surface area contributed by atoms with Crippen LogP contribution in [0.25, 0.3) is 0 Å². The molecule has 1 aromatic rings. The molecule has 0 atom stereocenters. The van der Waals surface area contributed by atoms with E-state index in [-0.39, 0.29) is 38.5 Å². The highest BCUT2D eigenvalue weighted by atomic mass is 19.4. The van der Waals surface area contributed by atoms with Gasteiger partial charge in [-0.2, -0.15) is 13.2 Å². The van der Waals surface area contributed by atoms with E-state index in [9.17, 15) is 38.5 Å². The second kappa shape index (κ2) is 6.20. The summed E-state index contributed by atoms with van der Waals surface area (Å²) in [7, 11) is 0. The molecule has 24 heavy (non-hydrogen) atoms. The van der Waals surface area contributed by atoms with Crippen LogP contribution in [0.4, 0.5) is 30.2 Å². The molecule has 1 saturated heterocycles. The smallest absolute Gasteiger partial charge is 0.396 e. The molecule has 1 aliphatic rings. The van der Waals surface area contributed by atoms with Gasteiger partial charge in [-0.1, -0.05) is 0 Å². The van der Waals surface area contributed by atoms with Crippen LogP contribution in [0.15, 0.2) is 12.1 Å². The molecule has 12 heteroatoms. The van der Waals surface area contributed by atoms with Gasteiger partial charge < -0.3 is 15.2 Å². The molecule has 0 radical (unpaired) electrons. The molecular formula is C12H12F3N3O6. The minimum absolute atomic E-state index is 0.124. The SMILES string of the molecule is O=[N+]([O-])c1cc(C(F)(F)F)cc([N+](=O)[O-])c1NCC1(CO)COC1. The number of nitrogens with one attached hydrogen (secondary N) is 1. The summed E-state index contributed by atoms with van der Waals surface area (Å²) in [5, 5.41) is 33.8. The number of hydrogen-bond donors (Lipinski definition) is 2. The first kappa shape index (κ1) is 17.9. The van der Waals surface area contributed by atoms with Crippen LogP contribution < -0.4 is 5.32 Å². The molecule has 9 nitrogen and oxygen atoms in total. The standard InChI is InChI=1S/C12H12F3N3O6/c13-12(14,15)7-1-8(17(20)21)10(9(2-7)18(22)23)16-3-11(4-19)5-24-6-11/h1-2,16,19H,3-6H2. The van der Waals surface area contributed by atoms with Crippen molar-refractivity contribution in [3.8, 4) is 0 Å². The predicted octanol–water partition coefficient (Wildman–Crippen LogP) is 1.94. The van der Waals surface area contributed by atoms with Gasteiger partial charge in [0.1, 0.15) is 0 Å². The first-order valence-corrected chi connectivity index (χ1v) is 6.56. The van der Waals surface area contributed by atoms with Crippen LogP contribution in [0.1, 0.15) is 5.56 Å². The number of rotatable bonds is 6.